The van der Waals surface area contributed by atoms with Crippen LogP contribution in [-0.2, 0) is 22.7 Å². The highest BCUT2D eigenvalue weighted by atomic mass is 127. The number of carbonyl (C=O) groups excluding carboxylic acids is 1. The fourth-order valence-corrected chi connectivity index (χ4v) is 3.58. The van der Waals surface area contributed by atoms with Crippen LogP contribution in [0.1, 0.15) is 16.7 Å². The topological polar surface area (TPSA) is 71.4 Å². The maximum Gasteiger partial charge on any atom is 0.281 e. The normalized spacial score (nSPS) is 17.4. The monoisotopic (exact) mass is 454 g/mol. The number of nitrogens with zero attached hydrogens (tertiary/aromatic N) is 2. The fraction of sp³-hybridized carbons (Fsp3) is 0.176. The second kappa shape index (κ2) is 6.26. The van der Waals surface area contributed by atoms with Crippen LogP contribution in [0.2, 0.25) is 0 Å². The van der Waals surface area contributed by atoms with E-state index in [-0.39, 0.29) is 25.7 Å². The summed E-state index contributed by atoms with van der Waals surface area (Å²) in [7, 11) is 0. The highest BCUT2D eigenvalue weighted by molar-refractivity contribution is 14.1. The number of anilines is 1. The zero-order valence-corrected chi connectivity index (χ0v) is 15.0. The lowest BCUT2D eigenvalue weighted by Gasteiger charge is -2.24. The number of benzene rings is 2. The number of fused-ring (bicyclic) bond motifs is 2. The molecular formula is C17H12FIN2O4. The van der Waals surface area contributed by atoms with E-state index < -0.39 is 11.7 Å². The van der Waals surface area contributed by atoms with Crippen LogP contribution >= 0.6 is 22.6 Å². The van der Waals surface area contributed by atoms with Crippen molar-refractivity contribution in [1.82, 2.24) is 0 Å². The molecule has 2 aromatic carbocycles. The molecule has 2 aliphatic rings. The summed E-state index contributed by atoms with van der Waals surface area (Å²) < 4.78 is 25.5. The molecule has 0 radical (unpaired) electrons. The third-order valence-corrected chi connectivity index (χ3v) is 4.80. The lowest BCUT2D eigenvalue weighted by molar-refractivity contribution is -0.112. The molecule has 6 nitrogen and oxygen atoms in total. The first-order valence-corrected chi connectivity index (χ1v) is 8.52. The van der Waals surface area contributed by atoms with Gasteiger partial charge < -0.3 is 19.6 Å². The molecule has 0 unspecified atom stereocenters. The number of hydrogen-bond donors (Lipinski definition) is 1. The Morgan fingerprint density at radius 2 is 2.16 bits per heavy atom. The fourth-order valence-electron chi connectivity index (χ4n) is 3.08. The summed E-state index contributed by atoms with van der Waals surface area (Å²) in [5.41, 5.74) is 2.28. The molecule has 2 aromatic rings. The minimum atomic E-state index is -0.440. The van der Waals surface area contributed by atoms with Gasteiger partial charge in [0.05, 0.1) is 18.8 Å². The summed E-state index contributed by atoms with van der Waals surface area (Å²) in [6, 6.07) is 8.11. The van der Waals surface area contributed by atoms with Crippen LogP contribution < -0.4 is 9.64 Å². The molecule has 2 heterocycles. The minimum Gasteiger partial charge on any atom is -0.467 e. The summed E-state index contributed by atoms with van der Waals surface area (Å²) in [6.07, 6.45) is 0. The molecule has 0 fully saturated rings. The van der Waals surface area contributed by atoms with E-state index >= 15 is 0 Å². The first-order valence-electron chi connectivity index (χ1n) is 7.44. The number of halogens is 2. The van der Waals surface area contributed by atoms with Gasteiger partial charge in [-0.1, -0.05) is 5.16 Å². The molecule has 0 aromatic heterocycles. The van der Waals surface area contributed by atoms with Crippen molar-refractivity contribution < 1.29 is 23.9 Å². The molecule has 0 saturated heterocycles. The quantitative estimate of drug-likeness (QED) is 0.431. The molecule has 0 atom stereocenters. The lowest BCUT2D eigenvalue weighted by Crippen LogP contribution is -2.30. The number of hydrogen-bond acceptors (Lipinski definition) is 5. The average Bonchev–Trinajstić information content (AvgIpc) is 2.85. The molecule has 0 aliphatic carbocycles. The number of carbonyl (C=O) groups is 1. The Kier molecular flexibility index (Phi) is 4.08. The highest BCUT2D eigenvalue weighted by Crippen LogP contribution is 2.35. The molecule has 1 amide bonds. The van der Waals surface area contributed by atoms with Crippen LogP contribution in [0, 0.1) is 9.39 Å². The summed E-state index contributed by atoms with van der Waals surface area (Å²) in [6.45, 7) is 0.440. The van der Waals surface area contributed by atoms with Gasteiger partial charge in [0.15, 0.2) is 12.5 Å². The largest absolute Gasteiger partial charge is 0.467 e. The van der Waals surface area contributed by atoms with Crippen molar-refractivity contribution in [3.63, 3.8) is 0 Å². The molecule has 0 spiro atoms. The van der Waals surface area contributed by atoms with Crippen molar-refractivity contribution in [2.45, 2.75) is 13.2 Å². The van der Waals surface area contributed by atoms with Crippen molar-refractivity contribution in [1.29, 1.82) is 0 Å². The van der Waals surface area contributed by atoms with Gasteiger partial charge in [-0.05, 0) is 52.9 Å². The van der Waals surface area contributed by atoms with Crippen molar-refractivity contribution in [2.24, 2.45) is 5.16 Å². The van der Waals surface area contributed by atoms with Crippen LogP contribution in [0.25, 0.3) is 0 Å². The molecule has 4 rings (SSSR count). The van der Waals surface area contributed by atoms with Gasteiger partial charge in [-0.2, -0.15) is 0 Å². The first-order chi connectivity index (χ1) is 12.1. The minimum absolute atomic E-state index is 0.0250. The Morgan fingerprint density at radius 3 is 2.96 bits per heavy atom. The maximum atomic E-state index is 13.9. The maximum absolute atomic E-state index is 13.9. The van der Waals surface area contributed by atoms with Gasteiger partial charge in [-0.25, -0.2) is 4.39 Å². The van der Waals surface area contributed by atoms with Crippen molar-refractivity contribution >= 4 is 39.9 Å². The Bertz CT molecular complexity index is 916. The molecule has 0 saturated carbocycles. The second-order valence-electron chi connectivity index (χ2n) is 5.67. The first kappa shape index (κ1) is 16.3. The van der Waals surface area contributed by atoms with Gasteiger partial charge in [0, 0.05) is 20.3 Å². The number of amides is 1. The number of oxime groups is 1. The van der Waals surface area contributed by atoms with Gasteiger partial charge in [-0.3, -0.25) is 4.79 Å². The Balaban J connectivity index is 1.78. The zero-order valence-electron chi connectivity index (χ0n) is 12.8. The summed E-state index contributed by atoms with van der Waals surface area (Å²) in [5.74, 6) is -0.333. The van der Waals surface area contributed by atoms with Crippen molar-refractivity contribution in [3.8, 4) is 5.75 Å². The van der Waals surface area contributed by atoms with Gasteiger partial charge in [0.1, 0.15) is 11.6 Å². The number of ether oxygens (including phenoxy) is 2. The Hall–Kier alpha value is -2.20. The Labute approximate surface area is 156 Å². The number of rotatable bonds is 2. The molecular weight excluding hydrogens is 442 g/mol. The van der Waals surface area contributed by atoms with Gasteiger partial charge in [0.25, 0.3) is 5.91 Å². The standard InChI is InChI=1S/C17H12FIN2O4/c18-11-3-9(16-10(4-11)7-24-8-25-16)6-21-14-2-1-12(19)5-13(14)15(20-23)17(21)22/h1-5,23H,6-8H2/b20-15-. The van der Waals surface area contributed by atoms with E-state index in [0.717, 1.165) is 3.57 Å². The van der Waals surface area contributed by atoms with E-state index in [0.29, 0.717) is 28.1 Å². The van der Waals surface area contributed by atoms with E-state index in [2.05, 4.69) is 27.7 Å². The molecule has 0 bridgehead atoms. The predicted octanol–water partition coefficient (Wildman–Crippen LogP) is 3.02. The molecule has 25 heavy (non-hydrogen) atoms. The SMILES string of the molecule is O=C1/C(=N\O)c2cc(I)ccc2N1Cc1cc(F)cc2c1OCOC2. The van der Waals surface area contributed by atoms with E-state index in [1.54, 1.807) is 12.1 Å². The van der Waals surface area contributed by atoms with E-state index in [4.69, 9.17) is 9.47 Å². The van der Waals surface area contributed by atoms with Crippen LogP contribution in [0.3, 0.4) is 0 Å². The second-order valence-corrected chi connectivity index (χ2v) is 6.91. The average molecular weight is 454 g/mol. The van der Waals surface area contributed by atoms with Crippen molar-refractivity contribution in [3.05, 3.63) is 56.4 Å². The molecule has 2 aliphatic heterocycles. The third kappa shape index (κ3) is 2.74. The Morgan fingerprint density at radius 1 is 1.32 bits per heavy atom. The molecule has 128 valence electrons. The lowest BCUT2D eigenvalue weighted by atomic mass is 10.1. The van der Waals surface area contributed by atoms with E-state index in [1.165, 1.54) is 17.0 Å². The van der Waals surface area contributed by atoms with Crippen LogP contribution in [0.5, 0.6) is 5.75 Å². The van der Waals surface area contributed by atoms with Crippen LogP contribution in [0.15, 0.2) is 35.5 Å². The third-order valence-electron chi connectivity index (χ3n) is 4.13. The van der Waals surface area contributed by atoms with E-state index in [9.17, 15) is 14.4 Å². The van der Waals surface area contributed by atoms with Gasteiger partial charge >= 0.3 is 0 Å². The summed E-state index contributed by atoms with van der Waals surface area (Å²) >= 11 is 2.12. The highest BCUT2D eigenvalue weighted by Gasteiger charge is 2.35. The van der Waals surface area contributed by atoms with E-state index in [1.807, 2.05) is 6.07 Å². The molecule has 8 heteroatoms. The van der Waals surface area contributed by atoms with Crippen LogP contribution in [-0.4, -0.2) is 23.6 Å². The predicted molar refractivity (Wildman–Crippen MR) is 95.4 cm³/mol. The van der Waals surface area contributed by atoms with Crippen molar-refractivity contribution in [2.75, 3.05) is 11.7 Å². The van der Waals surface area contributed by atoms with Crippen LogP contribution in [0.4, 0.5) is 10.1 Å². The molecule has 1 N–H and O–H groups in total. The summed E-state index contributed by atoms with van der Waals surface area (Å²) in [5, 5.41) is 12.4. The smallest absolute Gasteiger partial charge is 0.281 e. The summed E-state index contributed by atoms with van der Waals surface area (Å²) in [4.78, 5) is 14.1. The van der Waals surface area contributed by atoms with Gasteiger partial charge in [-0.15, -0.1) is 0 Å². The van der Waals surface area contributed by atoms with Gasteiger partial charge in [0.2, 0.25) is 0 Å². The zero-order chi connectivity index (χ0) is 17.6.